The van der Waals surface area contributed by atoms with Crippen molar-refractivity contribution < 1.29 is 4.74 Å². The molecular weight excluding hydrogens is 266 g/mol. The maximum absolute atomic E-state index is 5.78. The van der Waals surface area contributed by atoms with Gasteiger partial charge in [-0.2, -0.15) is 0 Å². The van der Waals surface area contributed by atoms with Crippen LogP contribution in [0.2, 0.25) is 0 Å². The van der Waals surface area contributed by atoms with Crippen LogP contribution in [0.25, 0.3) is 0 Å². The van der Waals surface area contributed by atoms with Crippen molar-refractivity contribution in [2.75, 3.05) is 13.2 Å². The summed E-state index contributed by atoms with van der Waals surface area (Å²) >= 11 is 1.78. The molecule has 2 rings (SSSR count). The molecule has 1 atom stereocenters. The van der Waals surface area contributed by atoms with E-state index in [9.17, 15) is 0 Å². The van der Waals surface area contributed by atoms with Gasteiger partial charge in [0.05, 0.1) is 6.61 Å². The smallest absolute Gasteiger partial charge is 0.119 e. The molecule has 0 amide bonds. The molecule has 2 nitrogen and oxygen atoms in total. The summed E-state index contributed by atoms with van der Waals surface area (Å²) < 4.78 is 5.78. The monoisotopic (exact) mass is 289 g/mol. The quantitative estimate of drug-likeness (QED) is 0.776. The number of benzene rings is 1. The van der Waals surface area contributed by atoms with Crippen molar-refractivity contribution in [1.82, 2.24) is 5.32 Å². The summed E-state index contributed by atoms with van der Waals surface area (Å²) in [6, 6.07) is 13.1. The van der Waals surface area contributed by atoms with Gasteiger partial charge in [0.1, 0.15) is 5.75 Å². The molecule has 1 N–H and O–H groups in total. The van der Waals surface area contributed by atoms with E-state index >= 15 is 0 Å². The van der Waals surface area contributed by atoms with E-state index in [-0.39, 0.29) is 0 Å². The standard InChI is InChI=1S/C17H23NOS/c1-3-11-18-14(2)15-6-8-16(9-7-15)19-12-10-17-5-4-13-20-17/h4-9,13-14,18H,3,10-12H2,1-2H3. The zero-order valence-corrected chi connectivity index (χ0v) is 13.1. The molecule has 1 aromatic heterocycles. The van der Waals surface area contributed by atoms with E-state index in [1.54, 1.807) is 11.3 Å². The molecule has 0 spiro atoms. The fraction of sp³-hybridized carbons (Fsp3) is 0.412. The van der Waals surface area contributed by atoms with Crippen LogP contribution in [0.1, 0.15) is 36.8 Å². The first-order valence-corrected chi connectivity index (χ1v) is 8.16. The van der Waals surface area contributed by atoms with Gasteiger partial charge >= 0.3 is 0 Å². The van der Waals surface area contributed by atoms with E-state index in [0.717, 1.165) is 31.7 Å². The Hall–Kier alpha value is -1.32. The number of ether oxygens (including phenoxy) is 1. The Labute approximate surface area is 125 Å². The first-order chi connectivity index (χ1) is 9.79. The molecule has 3 heteroatoms. The molecule has 1 unspecified atom stereocenters. The Balaban J connectivity index is 1.79. The minimum atomic E-state index is 0.398. The van der Waals surface area contributed by atoms with Gasteiger partial charge in [-0.3, -0.25) is 0 Å². The van der Waals surface area contributed by atoms with Gasteiger partial charge in [-0.25, -0.2) is 0 Å². The molecule has 0 aliphatic carbocycles. The van der Waals surface area contributed by atoms with Crippen molar-refractivity contribution >= 4 is 11.3 Å². The van der Waals surface area contributed by atoms with E-state index in [4.69, 9.17) is 4.74 Å². The van der Waals surface area contributed by atoms with Crippen LogP contribution in [0.15, 0.2) is 41.8 Å². The number of hydrogen-bond acceptors (Lipinski definition) is 3. The number of nitrogens with one attached hydrogen (secondary N) is 1. The van der Waals surface area contributed by atoms with Gasteiger partial charge in [0.2, 0.25) is 0 Å². The van der Waals surface area contributed by atoms with Crippen LogP contribution in [-0.2, 0) is 6.42 Å². The van der Waals surface area contributed by atoms with Crippen molar-refractivity contribution in [2.45, 2.75) is 32.7 Å². The van der Waals surface area contributed by atoms with E-state index < -0.39 is 0 Å². The van der Waals surface area contributed by atoms with E-state index in [0.29, 0.717) is 6.04 Å². The Morgan fingerprint density at radius 3 is 2.65 bits per heavy atom. The molecule has 0 radical (unpaired) electrons. The van der Waals surface area contributed by atoms with Gasteiger partial charge in [-0.1, -0.05) is 25.1 Å². The highest BCUT2D eigenvalue weighted by Gasteiger charge is 2.04. The van der Waals surface area contributed by atoms with Crippen LogP contribution < -0.4 is 10.1 Å². The number of hydrogen-bond donors (Lipinski definition) is 1. The molecule has 2 aromatic rings. The van der Waals surface area contributed by atoms with Crippen molar-refractivity contribution in [3.8, 4) is 5.75 Å². The highest BCUT2D eigenvalue weighted by Crippen LogP contribution is 2.18. The van der Waals surface area contributed by atoms with Crippen molar-refractivity contribution in [3.63, 3.8) is 0 Å². The van der Waals surface area contributed by atoms with E-state index in [2.05, 4.69) is 60.9 Å². The molecule has 20 heavy (non-hydrogen) atoms. The summed E-state index contributed by atoms with van der Waals surface area (Å²) in [6.07, 6.45) is 2.14. The maximum atomic E-state index is 5.78. The number of rotatable bonds is 8. The normalized spacial score (nSPS) is 12.3. The zero-order chi connectivity index (χ0) is 14.2. The van der Waals surface area contributed by atoms with Gasteiger partial charge in [0.15, 0.2) is 0 Å². The van der Waals surface area contributed by atoms with Crippen LogP contribution in [-0.4, -0.2) is 13.2 Å². The van der Waals surface area contributed by atoms with E-state index in [1.807, 2.05) is 0 Å². The topological polar surface area (TPSA) is 21.3 Å². The van der Waals surface area contributed by atoms with Crippen molar-refractivity contribution in [3.05, 3.63) is 52.2 Å². The first-order valence-electron chi connectivity index (χ1n) is 7.28. The Morgan fingerprint density at radius 1 is 1.20 bits per heavy atom. The summed E-state index contributed by atoms with van der Waals surface area (Å²) in [4.78, 5) is 1.37. The zero-order valence-electron chi connectivity index (χ0n) is 12.3. The molecule has 108 valence electrons. The lowest BCUT2D eigenvalue weighted by Crippen LogP contribution is -2.19. The minimum Gasteiger partial charge on any atom is -0.493 e. The Morgan fingerprint density at radius 2 is 2.00 bits per heavy atom. The lowest BCUT2D eigenvalue weighted by molar-refractivity contribution is 0.323. The van der Waals surface area contributed by atoms with Crippen LogP contribution in [0.5, 0.6) is 5.75 Å². The lowest BCUT2D eigenvalue weighted by atomic mass is 10.1. The average Bonchev–Trinajstić information content (AvgIpc) is 2.99. The second-order valence-corrected chi connectivity index (χ2v) is 5.95. The van der Waals surface area contributed by atoms with Crippen LogP contribution >= 0.6 is 11.3 Å². The van der Waals surface area contributed by atoms with Crippen LogP contribution in [0, 0.1) is 0 Å². The second-order valence-electron chi connectivity index (χ2n) is 4.92. The molecule has 0 bridgehead atoms. The predicted octanol–water partition coefficient (Wildman–Crippen LogP) is 4.43. The molecule has 0 aliphatic rings. The summed E-state index contributed by atoms with van der Waals surface area (Å²) in [5.74, 6) is 0.952. The molecule has 0 aliphatic heterocycles. The highest BCUT2D eigenvalue weighted by molar-refractivity contribution is 7.09. The largest absolute Gasteiger partial charge is 0.493 e. The summed E-state index contributed by atoms with van der Waals surface area (Å²) in [5, 5.41) is 5.60. The summed E-state index contributed by atoms with van der Waals surface area (Å²) in [7, 11) is 0. The van der Waals surface area contributed by atoms with Gasteiger partial charge in [0.25, 0.3) is 0 Å². The fourth-order valence-corrected chi connectivity index (χ4v) is 2.75. The molecule has 0 fully saturated rings. The van der Waals surface area contributed by atoms with Crippen molar-refractivity contribution in [1.29, 1.82) is 0 Å². The maximum Gasteiger partial charge on any atom is 0.119 e. The molecule has 0 saturated heterocycles. The van der Waals surface area contributed by atoms with Gasteiger partial charge < -0.3 is 10.1 Å². The van der Waals surface area contributed by atoms with Gasteiger partial charge in [-0.15, -0.1) is 11.3 Å². The lowest BCUT2D eigenvalue weighted by Gasteiger charge is -2.14. The van der Waals surface area contributed by atoms with Gasteiger partial charge in [-0.05, 0) is 49.0 Å². The Bertz CT molecular complexity index is 478. The van der Waals surface area contributed by atoms with Crippen LogP contribution in [0.3, 0.4) is 0 Å². The minimum absolute atomic E-state index is 0.398. The second kappa shape index (κ2) is 8.08. The van der Waals surface area contributed by atoms with E-state index in [1.165, 1.54) is 10.4 Å². The number of thiophene rings is 1. The fourth-order valence-electron chi connectivity index (χ4n) is 2.06. The molecular formula is C17H23NOS. The van der Waals surface area contributed by atoms with Crippen LogP contribution in [0.4, 0.5) is 0 Å². The van der Waals surface area contributed by atoms with Gasteiger partial charge in [0, 0.05) is 17.3 Å². The summed E-state index contributed by atoms with van der Waals surface area (Å²) in [5.41, 5.74) is 1.31. The van der Waals surface area contributed by atoms with Crippen molar-refractivity contribution in [2.24, 2.45) is 0 Å². The summed E-state index contributed by atoms with van der Waals surface area (Å²) in [6.45, 7) is 6.18. The average molecular weight is 289 g/mol. The molecule has 1 aromatic carbocycles. The third-order valence-electron chi connectivity index (χ3n) is 3.28. The first kappa shape index (κ1) is 15.1. The third-order valence-corrected chi connectivity index (χ3v) is 4.21. The predicted molar refractivity (Wildman–Crippen MR) is 86.7 cm³/mol. The molecule has 1 heterocycles. The molecule has 0 saturated carbocycles. The third kappa shape index (κ3) is 4.66. The highest BCUT2D eigenvalue weighted by atomic mass is 32.1. The Kier molecular flexibility index (Phi) is 6.09. The SMILES string of the molecule is CCCNC(C)c1ccc(OCCc2cccs2)cc1.